The van der Waals surface area contributed by atoms with Crippen molar-refractivity contribution in [1.29, 1.82) is 0 Å². The van der Waals surface area contributed by atoms with Crippen LogP contribution in [-0.4, -0.2) is 155 Å². The highest BCUT2D eigenvalue weighted by Crippen LogP contribution is 2.48. The summed E-state index contributed by atoms with van der Waals surface area (Å²) in [5.74, 6) is -2.72. The second kappa shape index (κ2) is 17.5. The smallest absolute Gasteiger partial charge is 0.311 e. The van der Waals surface area contributed by atoms with Crippen LogP contribution in [0.2, 0.25) is 0 Å². The molecule has 1 aromatic heterocycles. The summed E-state index contributed by atoms with van der Waals surface area (Å²) in [6, 6.07) is 1.37. The normalized spacial score (nSPS) is 43.4. The Morgan fingerprint density at radius 2 is 1.76 bits per heavy atom. The van der Waals surface area contributed by atoms with E-state index in [-0.39, 0.29) is 18.1 Å². The molecule has 1 aromatic rings. The van der Waals surface area contributed by atoms with Crippen LogP contribution in [0, 0.1) is 17.8 Å². The molecule has 4 saturated heterocycles. The van der Waals surface area contributed by atoms with E-state index in [0.717, 1.165) is 31.6 Å². The lowest BCUT2D eigenvalue weighted by molar-refractivity contribution is -0.332. The molecule has 0 aliphatic carbocycles. The van der Waals surface area contributed by atoms with Crippen LogP contribution >= 0.6 is 0 Å². The number of fused-ring (bicyclic) bond motifs is 3. The molecule has 5 heterocycles. The Kier molecular flexibility index (Phi) is 14.1. The van der Waals surface area contributed by atoms with E-state index < -0.39 is 77.6 Å². The summed E-state index contributed by atoms with van der Waals surface area (Å²) >= 11 is 0. The van der Waals surface area contributed by atoms with Crippen molar-refractivity contribution < 1.29 is 48.2 Å². The number of carbonyl (C=O) groups is 1. The van der Waals surface area contributed by atoms with Crippen LogP contribution in [0.5, 0.6) is 0 Å². The molecule has 0 unspecified atom stereocenters. The molecule has 2 bridgehead atoms. The number of hydrogen-bond acceptors (Lipinski definition) is 13. The second-order valence-corrected chi connectivity index (χ2v) is 17.9. The highest BCUT2D eigenvalue weighted by Gasteiger charge is 2.58. The van der Waals surface area contributed by atoms with E-state index in [1.165, 1.54) is 0 Å². The molecular weight excluding hydrogens is 694 g/mol. The van der Waals surface area contributed by atoms with Gasteiger partial charge in [-0.1, -0.05) is 20.8 Å². The minimum absolute atomic E-state index is 0.0367. The van der Waals surface area contributed by atoms with E-state index in [9.17, 15) is 20.1 Å². The van der Waals surface area contributed by atoms with Crippen molar-refractivity contribution in [2.75, 3.05) is 47.3 Å². The molecular formula is C41H71N3O10. The molecule has 310 valence electrons. The number of piperidine rings is 1. The number of ether oxygens (including phenoxy) is 5. The molecule has 0 amide bonds. The van der Waals surface area contributed by atoms with Gasteiger partial charge in [-0.3, -0.25) is 4.79 Å². The van der Waals surface area contributed by atoms with E-state index in [4.69, 9.17) is 28.1 Å². The molecule has 54 heavy (non-hydrogen) atoms. The van der Waals surface area contributed by atoms with E-state index in [1.807, 2.05) is 71.6 Å². The molecule has 1 spiro atoms. The van der Waals surface area contributed by atoms with E-state index >= 15 is 0 Å². The number of aliphatic hydroxyl groups is 3. The molecule has 13 nitrogen and oxygen atoms in total. The van der Waals surface area contributed by atoms with Gasteiger partial charge in [-0.05, 0) is 99.0 Å². The number of carbonyl (C=O) groups excluding carboxylic acids is 1. The highest BCUT2D eigenvalue weighted by atomic mass is 16.7. The summed E-state index contributed by atoms with van der Waals surface area (Å²) in [5, 5.41) is 35.0. The average molecular weight is 766 g/mol. The summed E-state index contributed by atoms with van der Waals surface area (Å²) in [7, 11) is 5.85. The fourth-order valence-electron chi connectivity index (χ4n) is 9.76. The zero-order valence-electron chi connectivity index (χ0n) is 34.8. The van der Waals surface area contributed by atoms with Crippen LogP contribution in [0.25, 0.3) is 0 Å². The lowest BCUT2D eigenvalue weighted by Crippen LogP contribution is -2.60. The number of likely N-dealkylation sites (tertiary alicyclic amines) is 1. The zero-order chi connectivity index (χ0) is 39.7. The van der Waals surface area contributed by atoms with Crippen LogP contribution < -0.4 is 0 Å². The van der Waals surface area contributed by atoms with Crippen molar-refractivity contribution in [3.8, 4) is 0 Å². The number of esters is 1. The third-order valence-corrected chi connectivity index (χ3v) is 13.1. The first-order chi connectivity index (χ1) is 25.3. The molecule has 5 rings (SSSR count). The first-order valence-electron chi connectivity index (χ1n) is 20.4. The van der Waals surface area contributed by atoms with Gasteiger partial charge in [0.1, 0.15) is 23.9 Å². The number of furan rings is 1. The van der Waals surface area contributed by atoms with Gasteiger partial charge in [0.15, 0.2) is 12.1 Å². The molecule has 4 aliphatic heterocycles. The van der Waals surface area contributed by atoms with Crippen LogP contribution in [0.1, 0.15) is 93.1 Å². The Labute approximate surface area is 323 Å². The van der Waals surface area contributed by atoms with Gasteiger partial charge in [-0.15, -0.1) is 0 Å². The summed E-state index contributed by atoms with van der Waals surface area (Å²) in [6.45, 7) is 18.3. The van der Waals surface area contributed by atoms with Gasteiger partial charge in [0.05, 0.1) is 42.4 Å². The van der Waals surface area contributed by atoms with Crippen molar-refractivity contribution in [3.63, 3.8) is 0 Å². The van der Waals surface area contributed by atoms with Crippen molar-refractivity contribution in [2.45, 2.75) is 166 Å². The molecule has 4 aliphatic rings. The molecule has 4 fully saturated rings. The standard InChI is InChI=1S/C41H71N3O10/c1-12-32-40(8,48)35(46)29(6)43(11)23-25(2)22-39(7)36(52-38-33(45)31(42(9)10)21-26(3)50-38)27(4)34(28(5)37(47)51-32)53-41(54-39)15-18-44(19-16-41)17-13-30-14-20-49-24-30/h14,20,24-29,31-36,38,45-46,48H,12-13,15-19,21-23H2,1-11H3/t25-,26-,27+,28-,29-,31+,32-,33-,34+,35-,36-,38+,39-,40-/m1/s1. The predicted octanol–water partition coefficient (Wildman–Crippen LogP) is 3.67. The number of rotatable bonds is 7. The third-order valence-electron chi connectivity index (χ3n) is 13.1. The average Bonchev–Trinajstić information content (AvgIpc) is 3.62. The summed E-state index contributed by atoms with van der Waals surface area (Å²) < 4.78 is 39.5. The molecule has 0 radical (unpaired) electrons. The second-order valence-electron chi connectivity index (χ2n) is 17.9. The Morgan fingerprint density at radius 3 is 2.37 bits per heavy atom. The van der Waals surface area contributed by atoms with Gasteiger partial charge >= 0.3 is 5.97 Å². The molecule has 14 atom stereocenters. The van der Waals surface area contributed by atoms with Crippen molar-refractivity contribution in [1.82, 2.24) is 14.7 Å². The molecule has 3 N–H and O–H groups in total. The fraction of sp³-hybridized carbons (Fsp3) is 0.878. The van der Waals surface area contributed by atoms with E-state index in [2.05, 4.69) is 18.7 Å². The number of nitrogens with zero attached hydrogens (tertiary/aromatic N) is 3. The maximum absolute atomic E-state index is 14.3. The largest absolute Gasteiger partial charge is 0.472 e. The topological polar surface area (TPSA) is 147 Å². The highest BCUT2D eigenvalue weighted by molar-refractivity contribution is 5.73. The molecule has 13 heteroatoms. The van der Waals surface area contributed by atoms with Gasteiger partial charge in [-0.25, -0.2) is 0 Å². The molecule has 0 saturated carbocycles. The minimum atomic E-state index is -1.71. The van der Waals surface area contributed by atoms with Gasteiger partial charge in [0.25, 0.3) is 0 Å². The summed E-state index contributed by atoms with van der Waals surface area (Å²) in [5.41, 5.74) is -1.50. The quantitative estimate of drug-likeness (QED) is 0.348. The van der Waals surface area contributed by atoms with E-state index in [0.29, 0.717) is 38.6 Å². The van der Waals surface area contributed by atoms with Crippen LogP contribution in [0.15, 0.2) is 23.0 Å². The summed E-state index contributed by atoms with van der Waals surface area (Å²) in [4.78, 5) is 20.8. The zero-order valence-corrected chi connectivity index (χ0v) is 34.8. The predicted molar refractivity (Wildman–Crippen MR) is 203 cm³/mol. The van der Waals surface area contributed by atoms with Crippen LogP contribution in [0.3, 0.4) is 0 Å². The van der Waals surface area contributed by atoms with Crippen LogP contribution in [0.4, 0.5) is 0 Å². The third kappa shape index (κ3) is 9.38. The molecule has 0 aromatic carbocycles. The maximum Gasteiger partial charge on any atom is 0.311 e. The first-order valence-corrected chi connectivity index (χ1v) is 20.4. The monoisotopic (exact) mass is 766 g/mol. The fourth-order valence-corrected chi connectivity index (χ4v) is 9.76. The van der Waals surface area contributed by atoms with Gasteiger partial charge in [0.2, 0.25) is 0 Å². The van der Waals surface area contributed by atoms with Gasteiger partial charge in [-0.2, -0.15) is 0 Å². The Bertz CT molecular complexity index is 1340. The SMILES string of the molecule is CC[C@H]1OC(=O)[C@H](C)[C@H]2OC3(CCN(CCc4ccoc4)CC3)O[C@](C)(C[C@@H](C)CN(C)[C@H](C)[C@@H](O)[C@]1(C)O)[C@H](O[C@@H]1O[C@H](C)C[C@H](N(C)C)[C@H]1O)[C@H]2C. The van der Waals surface area contributed by atoms with Gasteiger partial charge in [0, 0.05) is 57.0 Å². The Hall–Kier alpha value is -1.65. The first kappa shape index (κ1) is 43.5. The lowest BCUT2D eigenvalue weighted by Gasteiger charge is -2.49. The van der Waals surface area contributed by atoms with E-state index in [1.54, 1.807) is 19.5 Å². The maximum atomic E-state index is 14.3. The lowest BCUT2D eigenvalue weighted by atomic mass is 9.78. The van der Waals surface area contributed by atoms with Crippen molar-refractivity contribution >= 4 is 5.97 Å². The number of cyclic esters (lactones) is 1. The Morgan fingerprint density at radius 1 is 1.07 bits per heavy atom. The van der Waals surface area contributed by atoms with Crippen LogP contribution in [-0.2, 0) is 34.9 Å². The Balaban J connectivity index is 1.56. The number of aliphatic hydroxyl groups excluding tert-OH is 2. The van der Waals surface area contributed by atoms with Crippen molar-refractivity contribution in [2.24, 2.45) is 17.8 Å². The van der Waals surface area contributed by atoms with Gasteiger partial charge < -0.3 is 58.1 Å². The minimum Gasteiger partial charge on any atom is -0.472 e. The van der Waals surface area contributed by atoms with Crippen molar-refractivity contribution in [3.05, 3.63) is 24.2 Å². The number of hydrogen-bond donors (Lipinski definition) is 3. The number of likely N-dealkylation sites (N-methyl/N-ethyl adjacent to an activating group) is 2. The summed E-state index contributed by atoms with van der Waals surface area (Å²) in [6.07, 6.45) is 1.52.